The Balaban J connectivity index is 3.04. The zero-order chi connectivity index (χ0) is 12.5. The van der Waals surface area contributed by atoms with Crippen LogP contribution < -0.4 is 0 Å². The first-order chi connectivity index (χ1) is 7.39. The van der Waals surface area contributed by atoms with Crippen molar-refractivity contribution < 1.29 is 19.5 Å². The second kappa shape index (κ2) is 4.23. The number of rotatable bonds is 4. The summed E-state index contributed by atoms with van der Waals surface area (Å²) in [6.07, 6.45) is 1.27. The van der Waals surface area contributed by atoms with E-state index in [-0.39, 0.29) is 18.2 Å². The molecule has 1 saturated heterocycles. The molecule has 1 N–H and O–H groups in total. The van der Waals surface area contributed by atoms with E-state index in [9.17, 15) is 14.4 Å². The highest BCUT2D eigenvalue weighted by Crippen LogP contribution is 2.39. The SMILES string of the molecule is CCC1(CC)CC(=O)N(C(C)C(=O)O)C1=O. The number of aliphatic carboxylic acids is 1. The van der Waals surface area contributed by atoms with E-state index in [0.717, 1.165) is 4.90 Å². The minimum absolute atomic E-state index is 0.135. The van der Waals surface area contributed by atoms with Gasteiger partial charge in [-0.1, -0.05) is 13.8 Å². The molecule has 0 aromatic heterocycles. The fourth-order valence-corrected chi connectivity index (χ4v) is 2.12. The second-order valence-corrected chi connectivity index (χ2v) is 4.25. The van der Waals surface area contributed by atoms with Crippen LogP contribution in [-0.4, -0.2) is 33.8 Å². The molecule has 1 atom stereocenters. The lowest BCUT2D eigenvalue weighted by molar-refractivity contribution is -0.155. The molecular weight excluding hydrogens is 210 g/mol. The monoisotopic (exact) mass is 227 g/mol. The summed E-state index contributed by atoms with van der Waals surface area (Å²) in [6.45, 7) is 5.06. The quantitative estimate of drug-likeness (QED) is 0.728. The molecule has 1 fully saturated rings. The molecule has 1 rings (SSSR count). The van der Waals surface area contributed by atoms with E-state index >= 15 is 0 Å². The number of carboxylic acid groups (broad SMARTS) is 1. The zero-order valence-corrected chi connectivity index (χ0v) is 9.82. The standard InChI is InChI=1S/C11H17NO4/c1-4-11(5-2)6-8(13)12(10(11)16)7(3)9(14)15/h7H,4-6H2,1-3H3,(H,14,15). The van der Waals surface area contributed by atoms with Crippen molar-refractivity contribution in [3.05, 3.63) is 0 Å². The van der Waals surface area contributed by atoms with Gasteiger partial charge >= 0.3 is 5.97 Å². The van der Waals surface area contributed by atoms with Gasteiger partial charge in [0.05, 0.1) is 5.41 Å². The maximum absolute atomic E-state index is 12.1. The van der Waals surface area contributed by atoms with Gasteiger partial charge in [0.15, 0.2) is 0 Å². The number of imide groups is 1. The van der Waals surface area contributed by atoms with Crippen LogP contribution in [0.2, 0.25) is 0 Å². The number of hydrogen-bond acceptors (Lipinski definition) is 3. The third kappa shape index (κ3) is 1.70. The molecule has 0 saturated carbocycles. The molecular formula is C11H17NO4. The number of amides is 2. The Bertz CT molecular complexity index is 333. The molecule has 5 heteroatoms. The Morgan fingerprint density at radius 3 is 2.25 bits per heavy atom. The summed E-state index contributed by atoms with van der Waals surface area (Å²) in [5, 5.41) is 8.85. The minimum Gasteiger partial charge on any atom is -0.480 e. The van der Waals surface area contributed by atoms with Gasteiger partial charge in [-0.3, -0.25) is 14.5 Å². The van der Waals surface area contributed by atoms with E-state index in [1.165, 1.54) is 6.92 Å². The number of carbonyl (C=O) groups excluding carboxylic acids is 2. The fraction of sp³-hybridized carbons (Fsp3) is 0.727. The normalized spacial score (nSPS) is 21.3. The molecule has 1 unspecified atom stereocenters. The fourth-order valence-electron chi connectivity index (χ4n) is 2.12. The molecule has 1 aliphatic heterocycles. The number of nitrogens with zero attached hydrogens (tertiary/aromatic N) is 1. The van der Waals surface area contributed by atoms with Gasteiger partial charge in [-0.15, -0.1) is 0 Å². The predicted octanol–water partition coefficient (Wildman–Crippen LogP) is 1.02. The lowest BCUT2D eigenvalue weighted by Gasteiger charge is -2.25. The van der Waals surface area contributed by atoms with Crippen molar-refractivity contribution in [2.24, 2.45) is 5.41 Å². The van der Waals surface area contributed by atoms with Gasteiger partial charge in [-0.2, -0.15) is 0 Å². The van der Waals surface area contributed by atoms with Crippen LogP contribution in [0.5, 0.6) is 0 Å². The molecule has 0 aromatic rings. The van der Waals surface area contributed by atoms with Gasteiger partial charge in [0.25, 0.3) is 0 Å². The molecule has 0 aromatic carbocycles. The molecule has 1 heterocycles. The van der Waals surface area contributed by atoms with E-state index in [1.807, 2.05) is 13.8 Å². The molecule has 0 aliphatic carbocycles. The average molecular weight is 227 g/mol. The first kappa shape index (κ1) is 12.7. The van der Waals surface area contributed by atoms with E-state index in [4.69, 9.17) is 5.11 Å². The molecule has 1 aliphatic rings. The van der Waals surface area contributed by atoms with Crippen molar-refractivity contribution >= 4 is 17.8 Å². The van der Waals surface area contributed by atoms with Crippen molar-refractivity contribution in [1.82, 2.24) is 4.90 Å². The summed E-state index contributed by atoms with van der Waals surface area (Å²) in [7, 11) is 0. The van der Waals surface area contributed by atoms with Crippen LogP contribution in [0, 0.1) is 5.41 Å². The van der Waals surface area contributed by atoms with Gasteiger partial charge in [0.2, 0.25) is 11.8 Å². The van der Waals surface area contributed by atoms with Crippen molar-refractivity contribution in [3.8, 4) is 0 Å². The lowest BCUT2D eigenvalue weighted by atomic mass is 9.81. The highest BCUT2D eigenvalue weighted by molar-refractivity contribution is 6.08. The number of likely N-dealkylation sites (tertiary alicyclic amines) is 1. The zero-order valence-electron chi connectivity index (χ0n) is 9.82. The first-order valence-corrected chi connectivity index (χ1v) is 5.49. The largest absolute Gasteiger partial charge is 0.480 e. The molecule has 16 heavy (non-hydrogen) atoms. The van der Waals surface area contributed by atoms with E-state index in [2.05, 4.69) is 0 Å². The Labute approximate surface area is 94.4 Å². The Morgan fingerprint density at radius 1 is 1.44 bits per heavy atom. The molecule has 2 amide bonds. The Morgan fingerprint density at radius 2 is 1.94 bits per heavy atom. The molecule has 0 radical (unpaired) electrons. The summed E-state index contributed by atoms with van der Waals surface area (Å²) in [5.74, 6) is -1.86. The van der Waals surface area contributed by atoms with E-state index in [1.54, 1.807) is 0 Å². The first-order valence-electron chi connectivity index (χ1n) is 5.49. The summed E-state index contributed by atoms with van der Waals surface area (Å²) < 4.78 is 0. The minimum atomic E-state index is -1.15. The topological polar surface area (TPSA) is 74.7 Å². The average Bonchev–Trinajstić information content (AvgIpc) is 2.50. The number of hydrogen-bond donors (Lipinski definition) is 1. The van der Waals surface area contributed by atoms with Crippen LogP contribution in [0.4, 0.5) is 0 Å². The maximum atomic E-state index is 12.1. The Hall–Kier alpha value is -1.39. The van der Waals surface area contributed by atoms with Gasteiger partial charge in [0.1, 0.15) is 6.04 Å². The van der Waals surface area contributed by atoms with Crippen LogP contribution in [-0.2, 0) is 14.4 Å². The summed E-state index contributed by atoms with van der Waals surface area (Å²) >= 11 is 0. The second-order valence-electron chi connectivity index (χ2n) is 4.25. The van der Waals surface area contributed by atoms with Crippen molar-refractivity contribution in [2.45, 2.75) is 46.1 Å². The van der Waals surface area contributed by atoms with Crippen LogP contribution in [0.15, 0.2) is 0 Å². The van der Waals surface area contributed by atoms with Crippen LogP contribution >= 0.6 is 0 Å². The van der Waals surface area contributed by atoms with Gasteiger partial charge in [0, 0.05) is 6.42 Å². The summed E-state index contributed by atoms with van der Waals surface area (Å²) in [5.41, 5.74) is -0.680. The molecule has 0 bridgehead atoms. The van der Waals surface area contributed by atoms with E-state index < -0.39 is 17.4 Å². The number of carbonyl (C=O) groups is 3. The molecule has 0 spiro atoms. The summed E-state index contributed by atoms with van der Waals surface area (Å²) in [6, 6.07) is -1.07. The van der Waals surface area contributed by atoms with Gasteiger partial charge in [-0.05, 0) is 19.8 Å². The third-order valence-electron chi connectivity index (χ3n) is 3.53. The highest BCUT2D eigenvalue weighted by atomic mass is 16.4. The van der Waals surface area contributed by atoms with Gasteiger partial charge in [-0.25, -0.2) is 4.79 Å². The van der Waals surface area contributed by atoms with Crippen molar-refractivity contribution in [2.75, 3.05) is 0 Å². The van der Waals surface area contributed by atoms with Gasteiger partial charge < -0.3 is 5.11 Å². The Kier molecular flexibility index (Phi) is 3.35. The molecule has 90 valence electrons. The van der Waals surface area contributed by atoms with Crippen LogP contribution in [0.25, 0.3) is 0 Å². The lowest BCUT2D eigenvalue weighted by Crippen LogP contribution is -2.45. The maximum Gasteiger partial charge on any atom is 0.326 e. The van der Waals surface area contributed by atoms with Crippen LogP contribution in [0.1, 0.15) is 40.0 Å². The number of carboxylic acids is 1. The summed E-state index contributed by atoms with van der Waals surface area (Å²) in [4.78, 5) is 35.5. The van der Waals surface area contributed by atoms with Crippen molar-refractivity contribution in [1.29, 1.82) is 0 Å². The predicted molar refractivity (Wildman–Crippen MR) is 56.6 cm³/mol. The third-order valence-corrected chi connectivity index (χ3v) is 3.53. The highest BCUT2D eigenvalue weighted by Gasteiger charge is 2.51. The molecule has 5 nitrogen and oxygen atoms in total. The smallest absolute Gasteiger partial charge is 0.326 e. The van der Waals surface area contributed by atoms with Crippen molar-refractivity contribution in [3.63, 3.8) is 0 Å². The van der Waals surface area contributed by atoms with E-state index in [0.29, 0.717) is 12.8 Å². The van der Waals surface area contributed by atoms with Crippen LogP contribution in [0.3, 0.4) is 0 Å².